The predicted molar refractivity (Wildman–Crippen MR) is 149 cm³/mol. The van der Waals surface area contributed by atoms with Crippen LogP contribution in [0.5, 0.6) is 5.75 Å². The Labute approximate surface area is 225 Å². The summed E-state index contributed by atoms with van der Waals surface area (Å²) in [6.45, 7) is 2.44. The van der Waals surface area contributed by atoms with Gasteiger partial charge in [-0.05, 0) is 40.8 Å². The molecule has 0 heterocycles. The van der Waals surface area contributed by atoms with Gasteiger partial charge in [-0.15, -0.1) is 0 Å². The maximum atomic E-state index is 12.3. The second-order valence-corrected chi connectivity index (χ2v) is 9.13. The summed E-state index contributed by atoms with van der Waals surface area (Å²) in [5.41, 5.74) is 2.30. The van der Waals surface area contributed by atoms with Crippen molar-refractivity contribution in [2.24, 2.45) is 0 Å². The van der Waals surface area contributed by atoms with E-state index >= 15 is 0 Å². The summed E-state index contributed by atoms with van der Waals surface area (Å²) in [6, 6.07) is 37.1. The molecular formula is C33H36O5. The number of aliphatic hydroxyl groups excluding tert-OH is 1. The fraction of sp³-hybridized carbons (Fsp3) is 0.273. The second kappa shape index (κ2) is 14.5. The molecule has 0 aliphatic rings. The van der Waals surface area contributed by atoms with Crippen molar-refractivity contribution in [2.45, 2.75) is 24.5 Å². The van der Waals surface area contributed by atoms with Crippen LogP contribution in [0, 0.1) is 0 Å². The lowest BCUT2D eigenvalue weighted by Gasteiger charge is -2.38. The third-order valence-electron chi connectivity index (χ3n) is 6.61. The Morgan fingerprint density at radius 2 is 1.16 bits per heavy atom. The van der Waals surface area contributed by atoms with Gasteiger partial charge in [-0.25, -0.2) is 0 Å². The van der Waals surface area contributed by atoms with Crippen LogP contribution in [0.1, 0.15) is 34.6 Å². The number of rotatable bonds is 15. The molecule has 2 unspecified atom stereocenters. The molecule has 4 aromatic rings. The van der Waals surface area contributed by atoms with Crippen LogP contribution in [0.3, 0.4) is 0 Å². The zero-order chi connectivity index (χ0) is 26.5. The van der Waals surface area contributed by atoms with E-state index in [-0.39, 0.29) is 12.5 Å². The summed E-state index contributed by atoms with van der Waals surface area (Å²) in [5, 5.41) is 22.2. The molecule has 4 rings (SSSR count). The van der Waals surface area contributed by atoms with E-state index in [1.54, 1.807) is 0 Å². The molecule has 0 aliphatic carbocycles. The molecule has 4 aromatic carbocycles. The van der Waals surface area contributed by atoms with Gasteiger partial charge in [0.25, 0.3) is 0 Å². The highest BCUT2D eigenvalue weighted by atomic mass is 16.5. The largest absolute Gasteiger partial charge is 0.491 e. The van der Waals surface area contributed by atoms with E-state index in [1.807, 2.05) is 115 Å². The molecule has 0 bridgehead atoms. The maximum absolute atomic E-state index is 12.3. The van der Waals surface area contributed by atoms with E-state index in [2.05, 4.69) is 0 Å². The fourth-order valence-corrected chi connectivity index (χ4v) is 4.70. The minimum Gasteiger partial charge on any atom is -0.491 e. The SMILES string of the molecule is OCCC(c1ccccc1)C(O)(c1ccccc1)c1ccc(OCCOCCOCc2ccccc2)cc1. The van der Waals surface area contributed by atoms with E-state index in [0.717, 1.165) is 22.3 Å². The average Bonchev–Trinajstić information content (AvgIpc) is 2.98. The molecule has 0 radical (unpaired) electrons. The first kappa shape index (κ1) is 27.6. The molecule has 198 valence electrons. The molecule has 0 saturated heterocycles. The van der Waals surface area contributed by atoms with Crippen molar-refractivity contribution in [1.29, 1.82) is 0 Å². The summed E-state index contributed by atoms with van der Waals surface area (Å²) in [7, 11) is 0. The Kier molecular flexibility index (Phi) is 10.5. The normalized spacial score (nSPS) is 13.5. The van der Waals surface area contributed by atoms with E-state index < -0.39 is 5.60 Å². The van der Waals surface area contributed by atoms with Crippen molar-refractivity contribution in [2.75, 3.05) is 33.0 Å². The minimum atomic E-state index is -1.33. The first-order valence-corrected chi connectivity index (χ1v) is 13.1. The van der Waals surface area contributed by atoms with Gasteiger partial charge in [0.1, 0.15) is 18.0 Å². The van der Waals surface area contributed by atoms with Crippen molar-refractivity contribution >= 4 is 0 Å². The van der Waals surface area contributed by atoms with Gasteiger partial charge in [0.05, 0.1) is 26.4 Å². The molecule has 0 amide bonds. The molecule has 2 N–H and O–H groups in total. The molecule has 5 nitrogen and oxygen atoms in total. The summed E-state index contributed by atoms with van der Waals surface area (Å²) < 4.78 is 17.1. The van der Waals surface area contributed by atoms with E-state index in [9.17, 15) is 10.2 Å². The van der Waals surface area contributed by atoms with Crippen LogP contribution in [0.2, 0.25) is 0 Å². The lowest BCUT2D eigenvalue weighted by molar-refractivity contribution is 0.0302. The van der Waals surface area contributed by atoms with Gasteiger partial charge in [-0.2, -0.15) is 0 Å². The van der Waals surface area contributed by atoms with Gasteiger partial charge in [0.15, 0.2) is 0 Å². The first-order valence-electron chi connectivity index (χ1n) is 13.1. The van der Waals surface area contributed by atoms with Crippen LogP contribution in [-0.2, 0) is 21.7 Å². The van der Waals surface area contributed by atoms with Crippen LogP contribution >= 0.6 is 0 Å². The Hall–Kier alpha value is -3.48. The fourth-order valence-electron chi connectivity index (χ4n) is 4.70. The third-order valence-corrected chi connectivity index (χ3v) is 6.61. The highest BCUT2D eigenvalue weighted by molar-refractivity contribution is 5.43. The van der Waals surface area contributed by atoms with Crippen LogP contribution in [-0.4, -0.2) is 43.2 Å². The standard InChI is InChI=1S/C33H36O5/c34-21-20-32(28-12-6-2-7-13-28)33(35,29-14-8-3-9-15-29)30-16-18-31(19-17-30)38-25-24-36-22-23-37-26-27-10-4-1-5-11-27/h1-19,32,34-35H,20-26H2. The van der Waals surface area contributed by atoms with Crippen molar-refractivity contribution in [3.63, 3.8) is 0 Å². The zero-order valence-corrected chi connectivity index (χ0v) is 21.6. The van der Waals surface area contributed by atoms with Gasteiger partial charge in [-0.1, -0.05) is 103 Å². The molecule has 0 saturated carbocycles. The van der Waals surface area contributed by atoms with Gasteiger partial charge in [0, 0.05) is 12.5 Å². The lowest BCUT2D eigenvalue weighted by atomic mass is 9.71. The molecule has 0 fully saturated rings. The van der Waals surface area contributed by atoms with Crippen LogP contribution in [0.25, 0.3) is 0 Å². The number of hydrogen-bond donors (Lipinski definition) is 2. The van der Waals surface area contributed by atoms with Crippen LogP contribution in [0.15, 0.2) is 115 Å². The number of aliphatic hydroxyl groups is 2. The topological polar surface area (TPSA) is 68.2 Å². The Morgan fingerprint density at radius 1 is 0.605 bits per heavy atom. The second-order valence-electron chi connectivity index (χ2n) is 9.13. The summed E-state index contributed by atoms with van der Waals surface area (Å²) in [4.78, 5) is 0. The molecule has 0 spiro atoms. The molecular weight excluding hydrogens is 476 g/mol. The van der Waals surface area contributed by atoms with E-state index in [0.29, 0.717) is 45.2 Å². The predicted octanol–water partition coefficient (Wildman–Crippen LogP) is 5.70. The molecule has 5 heteroatoms. The van der Waals surface area contributed by atoms with Gasteiger partial charge < -0.3 is 24.4 Å². The lowest BCUT2D eigenvalue weighted by Crippen LogP contribution is -2.35. The monoisotopic (exact) mass is 512 g/mol. The van der Waals surface area contributed by atoms with Crippen LogP contribution < -0.4 is 4.74 Å². The van der Waals surface area contributed by atoms with E-state index in [1.165, 1.54) is 0 Å². The van der Waals surface area contributed by atoms with Crippen molar-refractivity contribution in [3.05, 3.63) is 138 Å². The number of benzene rings is 4. The minimum absolute atomic E-state index is 0.0345. The first-order chi connectivity index (χ1) is 18.7. The van der Waals surface area contributed by atoms with Gasteiger partial charge in [0.2, 0.25) is 0 Å². The zero-order valence-electron chi connectivity index (χ0n) is 21.6. The number of hydrogen-bond acceptors (Lipinski definition) is 5. The quantitative estimate of drug-likeness (QED) is 0.200. The van der Waals surface area contributed by atoms with Gasteiger partial charge >= 0.3 is 0 Å². The van der Waals surface area contributed by atoms with E-state index in [4.69, 9.17) is 14.2 Å². The third kappa shape index (κ3) is 7.30. The maximum Gasteiger partial charge on any atom is 0.121 e. The highest BCUT2D eigenvalue weighted by Gasteiger charge is 2.40. The Morgan fingerprint density at radius 3 is 1.82 bits per heavy atom. The average molecular weight is 513 g/mol. The van der Waals surface area contributed by atoms with Crippen molar-refractivity contribution < 1.29 is 24.4 Å². The molecule has 38 heavy (non-hydrogen) atoms. The highest BCUT2D eigenvalue weighted by Crippen LogP contribution is 2.44. The van der Waals surface area contributed by atoms with Crippen LogP contribution in [0.4, 0.5) is 0 Å². The summed E-state index contributed by atoms with van der Waals surface area (Å²) in [6.07, 6.45) is 0.417. The molecule has 0 aliphatic heterocycles. The Balaban J connectivity index is 1.35. The number of ether oxygens (including phenoxy) is 3. The van der Waals surface area contributed by atoms with Gasteiger partial charge in [-0.3, -0.25) is 0 Å². The summed E-state index contributed by atoms with van der Waals surface area (Å²) >= 11 is 0. The smallest absolute Gasteiger partial charge is 0.121 e. The Bertz CT molecular complexity index is 1180. The van der Waals surface area contributed by atoms with Crippen molar-refractivity contribution in [1.82, 2.24) is 0 Å². The summed E-state index contributed by atoms with van der Waals surface area (Å²) in [5.74, 6) is 0.367. The molecule has 0 aromatic heterocycles. The molecule has 2 atom stereocenters. The van der Waals surface area contributed by atoms with Crippen molar-refractivity contribution in [3.8, 4) is 5.75 Å².